The van der Waals surface area contributed by atoms with E-state index in [1.165, 1.54) is 0 Å². The molecule has 1 atom stereocenters. The van der Waals surface area contributed by atoms with Crippen LogP contribution < -0.4 is 10.6 Å². The number of nitrogens with one attached hydrogen (secondary N) is 2. The number of carbonyl (C=O) groups is 2. The van der Waals surface area contributed by atoms with Crippen molar-refractivity contribution in [3.05, 3.63) is 34.9 Å². The van der Waals surface area contributed by atoms with E-state index in [2.05, 4.69) is 10.6 Å². The van der Waals surface area contributed by atoms with E-state index in [9.17, 15) is 9.59 Å². The Bertz CT molecular complexity index is 551. The van der Waals surface area contributed by atoms with Crippen molar-refractivity contribution < 1.29 is 14.3 Å². The predicted molar refractivity (Wildman–Crippen MR) is 92.8 cm³/mol. The van der Waals surface area contributed by atoms with E-state index in [1.54, 1.807) is 0 Å². The summed E-state index contributed by atoms with van der Waals surface area (Å²) >= 11 is 5.82. The van der Waals surface area contributed by atoms with Gasteiger partial charge in [-0.15, -0.1) is 0 Å². The number of carbonyl (C=O) groups excluding carboxylic acids is 2. The summed E-state index contributed by atoms with van der Waals surface area (Å²) in [6.07, 6.45) is 0.177. The quantitative estimate of drug-likeness (QED) is 0.689. The molecule has 1 aliphatic heterocycles. The minimum Gasteiger partial charge on any atom is -0.375 e. The van der Waals surface area contributed by atoms with Gasteiger partial charge in [0.15, 0.2) is 0 Å². The largest absolute Gasteiger partial charge is 0.375 e. The van der Waals surface area contributed by atoms with Gasteiger partial charge in [0.2, 0.25) is 11.8 Å². The Balaban J connectivity index is 1.64. The number of benzene rings is 1. The van der Waals surface area contributed by atoms with Crippen molar-refractivity contribution in [3.63, 3.8) is 0 Å². The van der Waals surface area contributed by atoms with Gasteiger partial charge in [-0.1, -0.05) is 30.7 Å². The Morgan fingerprint density at radius 2 is 2.17 bits per heavy atom. The molecule has 1 heterocycles. The summed E-state index contributed by atoms with van der Waals surface area (Å²) in [5, 5.41) is 6.30. The SMILES string of the molecule is CCN1CCNC(=O)[C@H]1CC(=O)NCCOCc1ccc(Cl)cc1. The maximum Gasteiger partial charge on any atom is 0.237 e. The van der Waals surface area contributed by atoms with Gasteiger partial charge in [0.1, 0.15) is 0 Å². The summed E-state index contributed by atoms with van der Waals surface area (Å²) in [7, 11) is 0. The molecule has 7 heteroatoms. The average molecular weight is 354 g/mol. The second kappa shape index (κ2) is 9.61. The molecule has 0 unspecified atom stereocenters. The summed E-state index contributed by atoms with van der Waals surface area (Å²) in [5.74, 6) is -0.206. The fourth-order valence-electron chi connectivity index (χ4n) is 2.64. The zero-order valence-electron chi connectivity index (χ0n) is 13.9. The molecule has 0 spiro atoms. The van der Waals surface area contributed by atoms with Gasteiger partial charge in [-0.05, 0) is 24.2 Å². The number of likely N-dealkylation sites (N-methyl/N-ethyl adjacent to an activating group) is 1. The standard InChI is InChI=1S/C17H24ClN3O3/c1-2-21-9-7-20-17(23)15(21)11-16(22)19-8-10-24-12-13-3-5-14(18)6-4-13/h3-6,15H,2,7-12H2,1H3,(H,19,22)(H,20,23)/t15-/m1/s1. The van der Waals surface area contributed by atoms with E-state index in [0.29, 0.717) is 31.3 Å². The number of nitrogens with zero attached hydrogens (tertiary/aromatic N) is 1. The van der Waals surface area contributed by atoms with Gasteiger partial charge in [0, 0.05) is 24.7 Å². The fourth-order valence-corrected chi connectivity index (χ4v) is 2.77. The van der Waals surface area contributed by atoms with Crippen LogP contribution in [-0.2, 0) is 20.9 Å². The molecule has 0 saturated carbocycles. The molecule has 2 rings (SSSR count). The smallest absolute Gasteiger partial charge is 0.237 e. The first-order valence-corrected chi connectivity index (χ1v) is 8.58. The first-order valence-electron chi connectivity index (χ1n) is 8.20. The second-order valence-electron chi connectivity index (χ2n) is 5.67. The number of rotatable bonds is 8. The number of hydrogen-bond acceptors (Lipinski definition) is 4. The van der Waals surface area contributed by atoms with Gasteiger partial charge in [-0.25, -0.2) is 0 Å². The third-order valence-corrected chi connectivity index (χ3v) is 4.23. The third kappa shape index (κ3) is 5.78. The highest BCUT2D eigenvalue weighted by Gasteiger charge is 2.30. The molecule has 132 valence electrons. The van der Waals surface area contributed by atoms with Gasteiger partial charge in [0.05, 0.1) is 25.7 Å². The lowest BCUT2D eigenvalue weighted by atomic mass is 10.1. The third-order valence-electron chi connectivity index (χ3n) is 3.98. The molecular formula is C17H24ClN3O3. The molecule has 0 radical (unpaired) electrons. The van der Waals surface area contributed by atoms with Crippen LogP contribution in [-0.4, -0.2) is 55.5 Å². The summed E-state index contributed by atoms with van der Waals surface area (Å²) in [4.78, 5) is 25.9. The molecule has 1 fully saturated rings. The highest BCUT2D eigenvalue weighted by atomic mass is 35.5. The Hall–Kier alpha value is -1.63. The molecule has 1 aromatic rings. The normalized spacial score (nSPS) is 18.2. The minimum atomic E-state index is -0.376. The van der Waals surface area contributed by atoms with Crippen LogP contribution in [0.4, 0.5) is 0 Å². The highest BCUT2D eigenvalue weighted by molar-refractivity contribution is 6.30. The van der Waals surface area contributed by atoms with E-state index < -0.39 is 0 Å². The predicted octanol–water partition coefficient (Wildman–Crippen LogP) is 1.18. The monoisotopic (exact) mass is 353 g/mol. The molecule has 24 heavy (non-hydrogen) atoms. The van der Waals surface area contributed by atoms with Crippen LogP contribution in [0.5, 0.6) is 0 Å². The van der Waals surface area contributed by atoms with Crippen molar-refractivity contribution in [2.24, 2.45) is 0 Å². The van der Waals surface area contributed by atoms with Gasteiger partial charge in [-0.2, -0.15) is 0 Å². The number of halogens is 1. The highest BCUT2D eigenvalue weighted by Crippen LogP contribution is 2.10. The van der Waals surface area contributed by atoms with Crippen molar-refractivity contribution in [2.45, 2.75) is 26.0 Å². The van der Waals surface area contributed by atoms with Crippen LogP contribution >= 0.6 is 11.6 Å². The van der Waals surface area contributed by atoms with E-state index in [1.807, 2.05) is 36.1 Å². The molecule has 0 bridgehead atoms. The first-order chi connectivity index (χ1) is 11.6. The van der Waals surface area contributed by atoms with E-state index in [-0.39, 0.29) is 24.3 Å². The molecule has 0 aliphatic carbocycles. The van der Waals surface area contributed by atoms with Crippen LogP contribution in [0.3, 0.4) is 0 Å². The number of ether oxygens (including phenoxy) is 1. The van der Waals surface area contributed by atoms with Gasteiger partial charge in [0.25, 0.3) is 0 Å². The summed E-state index contributed by atoms with van der Waals surface area (Å²) in [5.41, 5.74) is 1.03. The van der Waals surface area contributed by atoms with Crippen molar-refractivity contribution in [1.82, 2.24) is 15.5 Å². The summed E-state index contributed by atoms with van der Waals surface area (Å²) < 4.78 is 5.52. The van der Waals surface area contributed by atoms with E-state index in [0.717, 1.165) is 18.7 Å². The Morgan fingerprint density at radius 3 is 2.88 bits per heavy atom. The maximum atomic E-state index is 12.0. The summed E-state index contributed by atoms with van der Waals surface area (Å²) in [6.45, 7) is 5.49. The molecule has 2 amide bonds. The van der Waals surface area contributed by atoms with E-state index >= 15 is 0 Å². The topological polar surface area (TPSA) is 70.7 Å². The molecular weight excluding hydrogens is 330 g/mol. The van der Waals surface area contributed by atoms with Crippen molar-refractivity contribution in [1.29, 1.82) is 0 Å². The van der Waals surface area contributed by atoms with Crippen LogP contribution in [0.25, 0.3) is 0 Å². The second-order valence-corrected chi connectivity index (χ2v) is 6.10. The molecule has 6 nitrogen and oxygen atoms in total. The van der Waals surface area contributed by atoms with Crippen LogP contribution in [0.2, 0.25) is 5.02 Å². The Kier molecular flexibility index (Phi) is 7.49. The number of hydrogen-bond donors (Lipinski definition) is 2. The van der Waals surface area contributed by atoms with Crippen molar-refractivity contribution >= 4 is 23.4 Å². The lowest BCUT2D eigenvalue weighted by Crippen LogP contribution is -2.56. The molecule has 1 aromatic carbocycles. The van der Waals surface area contributed by atoms with Gasteiger partial charge < -0.3 is 15.4 Å². The fraction of sp³-hybridized carbons (Fsp3) is 0.529. The average Bonchev–Trinajstić information content (AvgIpc) is 2.58. The van der Waals surface area contributed by atoms with Crippen LogP contribution in [0.15, 0.2) is 24.3 Å². The lowest BCUT2D eigenvalue weighted by molar-refractivity contribution is -0.133. The van der Waals surface area contributed by atoms with Crippen molar-refractivity contribution in [2.75, 3.05) is 32.8 Å². The number of amides is 2. The Morgan fingerprint density at radius 1 is 1.42 bits per heavy atom. The molecule has 1 saturated heterocycles. The van der Waals surface area contributed by atoms with Crippen molar-refractivity contribution in [3.8, 4) is 0 Å². The zero-order valence-corrected chi connectivity index (χ0v) is 14.6. The number of piperazine rings is 1. The zero-order chi connectivity index (χ0) is 17.4. The first kappa shape index (κ1) is 18.7. The van der Waals surface area contributed by atoms with Gasteiger partial charge in [-0.3, -0.25) is 14.5 Å². The van der Waals surface area contributed by atoms with Crippen LogP contribution in [0, 0.1) is 0 Å². The molecule has 0 aromatic heterocycles. The van der Waals surface area contributed by atoms with E-state index in [4.69, 9.17) is 16.3 Å². The summed E-state index contributed by atoms with van der Waals surface area (Å²) in [6, 6.07) is 7.07. The molecule has 2 N–H and O–H groups in total. The molecule has 1 aliphatic rings. The Labute approximate surface area is 147 Å². The lowest BCUT2D eigenvalue weighted by Gasteiger charge is -2.33. The maximum absolute atomic E-state index is 12.0. The van der Waals surface area contributed by atoms with Gasteiger partial charge >= 0.3 is 0 Å². The van der Waals surface area contributed by atoms with Crippen LogP contribution in [0.1, 0.15) is 18.9 Å². The minimum absolute atomic E-state index is 0.0720.